The molecule has 0 aliphatic carbocycles. The van der Waals surface area contributed by atoms with Crippen LogP contribution in [0.1, 0.15) is 48.5 Å². The number of carbonyl (C=O) groups excluding carboxylic acids is 3. The first-order valence-electron chi connectivity index (χ1n) is 10.3. The van der Waals surface area contributed by atoms with Gasteiger partial charge in [-0.15, -0.1) is 0 Å². The van der Waals surface area contributed by atoms with Crippen molar-refractivity contribution in [3.05, 3.63) is 35.4 Å². The van der Waals surface area contributed by atoms with Gasteiger partial charge in [-0.2, -0.15) is 0 Å². The van der Waals surface area contributed by atoms with E-state index in [1.54, 1.807) is 18.2 Å². The van der Waals surface area contributed by atoms with E-state index in [2.05, 4.69) is 6.92 Å². The molecule has 0 saturated heterocycles. The summed E-state index contributed by atoms with van der Waals surface area (Å²) in [5.41, 5.74) is 1.18. The Labute approximate surface area is 182 Å². The second-order valence-corrected chi connectivity index (χ2v) is 7.26. The Hall–Kier alpha value is -3.09. The number of ether oxygens (including phenoxy) is 4. The average molecular weight is 430 g/mol. The Morgan fingerprint density at radius 2 is 1.45 bits per heavy atom. The van der Waals surface area contributed by atoms with Gasteiger partial charge in [0.15, 0.2) is 23.2 Å². The van der Waals surface area contributed by atoms with Crippen LogP contribution in [-0.4, -0.2) is 46.2 Å². The molecule has 0 fully saturated rings. The lowest BCUT2D eigenvalue weighted by atomic mass is 9.91. The van der Waals surface area contributed by atoms with E-state index in [1.165, 1.54) is 28.4 Å². The second-order valence-electron chi connectivity index (χ2n) is 7.26. The van der Waals surface area contributed by atoms with Crippen molar-refractivity contribution in [1.29, 1.82) is 0 Å². The highest BCUT2D eigenvalue weighted by Crippen LogP contribution is 2.35. The van der Waals surface area contributed by atoms with E-state index in [9.17, 15) is 14.4 Å². The van der Waals surface area contributed by atoms with Gasteiger partial charge in [0.2, 0.25) is 0 Å². The number of rotatable bonds is 11. The minimum Gasteiger partial charge on any atom is -0.493 e. The molecule has 0 heterocycles. The summed E-state index contributed by atoms with van der Waals surface area (Å²) in [7, 11) is 5.52. The zero-order valence-electron chi connectivity index (χ0n) is 18.8. The highest BCUT2D eigenvalue weighted by atomic mass is 16.5. The van der Waals surface area contributed by atoms with E-state index in [0.717, 1.165) is 30.0 Å². The van der Waals surface area contributed by atoms with Crippen LogP contribution >= 0.6 is 0 Å². The van der Waals surface area contributed by atoms with E-state index in [-0.39, 0.29) is 12.2 Å². The molecular formula is C24H30O7. The number of methoxy groups -OCH3 is 4. The van der Waals surface area contributed by atoms with Crippen molar-refractivity contribution >= 4 is 28.5 Å². The molecule has 0 aliphatic rings. The van der Waals surface area contributed by atoms with Gasteiger partial charge in [-0.3, -0.25) is 14.4 Å². The Bertz CT molecular complexity index is 933. The molecule has 0 saturated carbocycles. The van der Waals surface area contributed by atoms with E-state index < -0.39 is 17.9 Å². The number of esters is 2. The van der Waals surface area contributed by atoms with Crippen molar-refractivity contribution in [3.63, 3.8) is 0 Å². The molecule has 0 radical (unpaired) electrons. The van der Waals surface area contributed by atoms with E-state index in [4.69, 9.17) is 18.9 Å². The van der Waals surface area contributed by atoms with Crippen LogP contribution in [0.15, 0.2) is 24.3 Å². The molecule has 168 valence electrons. The predicted molar refractivity (Wildman–Crippen MR) is 117 cm³/mol. The average Bonchev–Trinajstić information content (AvgIpc) is 2.79. The zero-order valence-corrected chi connectivity index (χ0v) is 18.8. The smallest absolute Gasteiger partial charge is 0.320 e. The Morgan fingerprint density at radius 1 is 0.839 bits per heavy atom. The largest absolute Gasteiger partial charge is 0.493 e. The Morgan fingerprint density at radius 3 is 2.00 bits per heavy atom. The van der Waals surface area contributed by atoms with E-state index in [0.29, 0.717) is 29.0 Å². The van der Waals surface area contributed by atoms with Crippen LogP contribution in [0.2, 0.25) is 0 Å². The van der Waals surface area contributed by atoms with Gasteiger partial charge >= 0.3 is 11.9 Å². The minimum absolute atomic E-state index is 0.000191. The predicted octanol–water partition coefficient (Wildman–Crippen LogP) is 4.12. The molecule has 0 aromatic heterocycles. The molecule has 7 nitrogen and oxygen atoms in total. The van der Waals surface area contributed by atoms with Crippen molar-refractivity contribution in [2.75, 3.05) is 28.4 Å². The monoisotopic (exact) mass is 430 g/mol. The van der Waals surface area contributed by atoms with Gasteiger partial charge in [0, 0.05) is 12.0 Å². The number of ketones is 1. The number of hydrogen-bond acceptors (Lipinski definition) is 7. The molecule has 0 bridgehead atoms. The molecule has 7 heteroatoms. The summed E-state index contributed by atoms with van der Waals surface area (Å²) in [5.74, 6) is -1.44. The third-order valence-electron chi connectivity index (χ3n) is 5.24. The maximum absolute atomic E-state index is 13.1. The van der Waals surface area contributed by atoms with Gasteiger partial charge < -0.3 is 18.9 Å². The lowest BCUT2D eigenvalue weighted by Crippen LogP contribution is -2.28. The van der Waals surface area contributed by atoms with Crippen LogP contribution in [0.25, 0.3) is 10.8 Å². The van der Waals surface area contributed by atoms with E-state index >= 15 is 0 Å². The number of unbranched alkanes of at least 4 members (excludes halogenated alkanes) is 2. The Balaban J connectivity index is 2.60. The van der Waals surface area contributed by atoms with Gasteiger partial charge in [0.05, 0.1) is 28.4 Å². The molecule has 0 aliphatic heterocycles. The van der Waals surface area contributed by atoms with Crippen LogP contribution in [0, 0.1) is 5.92 Å². The minimum atomic E-state index is -1.12. The number of Topliss-reactive ketones (excluding diaryl/α,β-unsaturated/α-hetero) is 1. The van der Waals surface area contributed by atoms with Crippen molar-refractivity contribution in [3.8, 4) is 11.5 Å². The van der Waals surface area contributed by atoms with Crippen molar-refractivity contribution in [1.82, 2.24) is 0 Å². The number of hydrogen-bond donors (Lipinski definition) is 0. The molecule has 31 heavy (non-hydrogen) atoms. The van der Waals surface area contributed by atoms with Crippen molar-refractivity contribution in [2.45, 2.75) is 39.0 Å². The van der Waals surface area contributed by atoms with Crippen molar-refractivity contribution in [2.24, 2.45) is 5.92 Å². The van der Waals surface area contributed by atoms with Crippen LogP contribution in [-0.2, 0) is 25.5 Å². The van der Waals surface area contributed by atoms with Gasteiger partial charge in [0.1, 0.15) is 0 Å². The van der Waals surface area contributed by atoms with Crippen LogP contribution in [0.4, 0.5) is 0 Å². The second kappa shape index (κ2) is 11.3. The molecule has 2 aromatic rings. The fourth-order valence-electron chi connectivity index (χ4n) is 3.55. The molecule has 0 amide bonds. The summed E-state index contributed by atoms with van der Waals surface area (Å²) in [5, 5.41) is 1.48. The zero-order chi connectivity index (χ0) is 23.0. The van der Waals surface area contributed by atoms with Gasteiger partial charge in [-0.25, -0.2) is 0 Å². The first-order valence-corrected chi connectivity index (χ1v) is 10.3. The third-order valence-corrected chi connectivity index (χ3v) is 5.24. The van der Waals surface area contributed by atoms with E-state index in [1.807, 2.05) is 6.07 Å². The fourth-order valence-corrected chi connectivity index (χ4v) is 3.55. The number of benzene rings is 2. The number of carbonyl (C=O) groups is 3. The molecule has 0 spiro atoms. The van der Waals surface area contributed by atoms with Crippen molar-refractivity contribution < 1.29 is 33.3 Å². The lowest BCUT2D eigenvalue weighted by molar-refractivity contribution is -0.158. The summed E-state index contributed by atoms with van der Waals surface area (Å²) in [4.78, 5) is 37.3. The molecular weight excluding hydrogens is 400 g/mol. The first-order chi connectivity index (χ1) is 14.9. The van der Waals surface area contributed by atoms with Crippen LogP contribution in [0.3, 0.4) is 0 Å². The molecule has 2 aromatic carbocycles. The Kier molecular flexibility index (Phi) is 8.85. The topological polar surface area (TPSA) is 88.1 Å². The standard InChI is InChI=1S/C24H30O7/c1-6-7-8-9-20(25)18-11-15(12-19(23(26)30-4)24(27)31-5)10-16-13-21(28-2)22(29-3)14-17(16)18/h10-11,13-14,19H,6-9,12H2,1-5H3. The summed E-state index contributed by atoms with van der Waals surface area (Å²) in [6, 6.07) is 7.13. The normalized spacial score (nSPS) is 10.8. The molecule has 0 N–H and O–H groups in total. The highest BCUT2D eigenvalue weighted by Gasteiger charge is 2.29. The molecule has 2 rings (SSSR count). The number of fused-ring (bicyclic) bond motifs is 1. The molecule has 0 atom stereocenters. The first kappa shape index (κ1) is 24.2. The quantitative estimate of drug-likeness (QED) is 0.229. The van der Waals surface area contributed by atoms with Gasteiger partial charge in [-0.05, 0) is 47.4 Å². The van der Waals surface area contributed by atoms with Gasteiger partial charge in [0.25, 0.3) is 0 Å². The highest BCUT2D eigenvalue weighted by molar-refractivity contribution is 6.09. The summed E-state index contributed by atoms with van der Waals surface area (Å²) in [6.45, 7) is 2.08. The maximum atomic E-state index is 13.1. The van der Waals surface area contributed by atoms with Crippen LogP contribution < -0.4 is 9.47 Å². The fraction of sp³-hybridized carbons (Fsp3) is 0.458. The lowest BCUT2D eigenvalue weighted by Gasteiger charge is -2.16. The summed E-state index contributed by atoms with van der Waals surface area (Å²) in [6.07, 6.45) is 3.24. The molecule has 0 unspecified atom stereocenters. The maximum Gasteiger partial charge on any atom is 0.320 e. The summed E-state index contributed by atoms with van der Waals surface area (Å²) >= 11 is 0. The third kappa shape index (κ3) is 5.75. The summed E-state index contributed by atoms with van der Waals surface area (Å²) < 4.78 is 20.3. The van der Waals surface area contributed by atoms with Gasteiger partial charge in [-0.1, -0.05) is 25.8 Å². The van der Waals surface area contributed by atoms with Crippen LogP contribution in [0.5, 0.6) is 11.5 Å². The SMILES string of the molecule is CCCCCC(=O)c1cc(CC(C(=O)OC)C(=O)OC)cc2cc(OC)c(OC)cc12.